The van der Waals surface area contributed by atoms with Crippen LogP contribution in [-0.2, 0) is 4.79 Å². The van der Waals surface area contributed by atoms with Crippen LogP contribution in [0.3, 0.4) is 0 Å². The zero-order valence-corrected chi connectivity index (χ0v) is 12.8. The van der Waals surface area contributed by atoms with Crippen molar-refractivity contribution in [3.05, 3.63) is 34.9 Å². The van der Waals surface area contributed by atoms with Gasteiger partial charge < -0.3 is 5.32 Å². The van der Waals surface area contributed by atoms with Gasteiger partial charge in [0, 0.05) is 17.6 Å². The molecule has 1 rings (SSSR count). The molecule has 1 aromatic rings. The van der Waals surface area contributed by atoms with Gasteiger partial charge in [-0.2, -0.15) is 0 Å². The zero-order chi connectivity index (χ0) is 14.4. The Balaban J connectivity index is 2.51. The van der Waals surface area contributed by atoms with Crippen molar-refractivity contribution in [1.29, 1.82) is 0 Å². The molecule has 0 fully saturated rings. The highest BCUT2D eigenvalue weighted by atomic mass is 35.5. The van der Waals surface area contributed by atoms with E-state index in [4.69, 9.17) is 11.6 Å². The summed E-state index contributed by atoms with van der Waals surface area (Å²) in [6, 6.07) is 7.53. The van der Waals surface area contributed by atoms with Crippen molar-refractivity contribution in [3.8, 4) is 0 Å². The van der Waals surface area contributed by atoms with Gasteiger partial charge in [0.25, 0.3) is 0 Å². The van der Waals surface area contributed by atoms with Gasteiger partial charge in [0.2, 0.25) is 5.91 Å². The highest BCUT2D eigenvalue weighted by Crippen LogP contribution is 2.17. The Labute approximate surface area is 120 Å². The Bertz CT molecular complexity index is 420. The Morgan fingerprint density at radius 1 is 1.26 bits per heavy atom. The Morgan fingerprint density at radius 3 is 2.53 bits per heavy atom. The Kier molecular flexibility index (Phi) is 6.32. The molecule has 0 aliphatic heterocycles. The zero-order valence-electron chi connectivity index (χ0n) is 12.0. The van der Waals surface area contributed by atoms with E-state index in [0.717, 1.165) is 5.56 Å². The quantitative estimate of drug-likeness (QED) is 0.841. The standard InChI is InChI=1S/C15H23ClN2O/c1-10(2)9-17-15(19)12(4)18-11(3)13-6-5-7-14(16)8-13/h5-8,10-12,18H,9H2,1-4H3,(H,17,19)/t11-,12?/m1/s1. The molecule has 2 atom stereocenters. The fourth-order valence-electron chi connectivity index (χ4n) is 1.78. The van der Waals surface area contributed by atoms with E-state index in [0.29, 0.717) is 17.5 Å². The Hall–Kier alpha value is -1.06. The Morgan fingerprint density at radius 2 is 1.95 bits per heavy atom. The van der Waals surface area contributed by atoms with Gasteiger partial charge in [-0.1, -0.05) is 37.6 Å². The summed E-state index contributed by atoms with van der Waals surface area (Å²) in [7, 11) is 0. The van der Waals surface area contributed by atoms with E-state index < -0.39 is 0 Å². The van der Waals surface area contributed by atoms with E-state index in [1.807, 2.05) is 38.1 Å². The molecule has 0 radical (unpaired) electrons. The van der Waals surface area contributed by atoms with Crippen LogP contribution in [0.15, 0.2) is 24.3 Å². The predicted octanol–water partition coefficient (Wildman–Crippen LogP) is 3.15. The molecule has 0 saturated carbocycles. The molecule has 3 nitrogen and oxygen atoms in total. The van der Waals surface area contributed by atoms with Crippen molar-refractivity contribution >= 4 is 17.5 Å². The summed E-state index contributed by atoms with van der Waals surface area (Å²) in [5.41, 5.74) is 1.08. The maximum atomic E-state index is 11.9. The van der Waals surface area contributed by atoms with Crippen molar-refractivity contribution in [2.45, 2.75) is 39.8 Å². The molecular formula is C15H23ClN2O. The number of amides is 1. The van der Waals surface area contributed by atoms with E-state index in [1.165, 1.54) is 0 Å². The molecule has 0 heterocycles. The summed E-state index contributed by atoms with van der Waals surface area (Å²) in [4.78, 5) is 11.9. The van der Waals surface area contributed by atoms with Crippen LogP contribution < -0.4 is 10.6 Å². The average molecular weight is 283 g/mol. The summed E-state index contributed by atoms with van der Waals surface area (Å²) < 4.78 is 0. The minimum Gasteiger partial charge on any atom is -0.354 e. The number of benzene rings is 1. The average Bonchev–Trinajstić information content (AvgIpc) is 2.35. The predicted molar refractivity (Wildman–Crippen MR) is 80.3 cm³/mol. The van der Waals surface area contributed by atoms with Gasteiger partial charge in [0.05, 0.1) is 6.04 Å². The maximum absolute atomic E-state index is 11.9. The largest absolute Gasteiger partial charge is 0.354 e. The van der Waals surface area contributed by atoms with Crippen LogP contribution in [-0.4, -0.2) is 18.5 Å². The first-order valence-corrected chi connectivity index (χ1v) is 7.07. The maximum Gasteiger partial charge on any atom is 0.236 e. The second kappa shape index (κ2) is 7.51. The monoisotopic (exact) mass is 282 g/mol. The van der Waals surface area contributed by atoms with Crippen molar-refractivity contribution in [3.63, 3.8) is 0 Å². The molecule has 2 N–H and O–H groups in total. The van der Waals surface area contributed by atoms with E-state index in [9.17, 15) is 4.79 Å². The molecule has 1 amide bonds. The summed E-state index contributed by atoms with van der Waals surface area (Å²) in [5.74, 6) is 0.490. The van der Waals surface area contributed by atoms with Crippen LogP contribution >= 0.6 is 11.6 Å². The molecule has 1 aromatic carbocycles. The SMILES string of the molecule is CC(C)CNC(=O)C(C)N[C@H](C)c1cccc(Cl)c1. The van der Waals surface area contributed by atoms with E-state index in [2.05, 4.69) is 24.5 Å². The van der Waals surface area contributed by atoms with E-state index in [-0.39, 0.29) is 18.0 Å². The molecule has 0 aliphatic rings. The third-order valence-electron chi connectivity index (χ3n) is 2.93. The highest BCUT2D eigenvalue weighted by Gasteiger charge is 2.16. The van der Waals surface area contributed by atoms with Crippen LogP contribution in [0.1, 0.15) is 39.3 Å². The molecule has 4 heteroatoms. The van der Waals surface area contributed by atoms with Crippen molar-refractivity contribution < 1.29 is 4.79 Å². The van der Waals surface area contributed by atoms with Crippen LogP contribution in [0, 0.1) is 5.92 Å². The first-order valence-electron chi connectivity index (χ1n) is 6.69. The number of halogens is 1. The minimum atomic E-state index is -0.229. The van der Waals surface area contributed by atoms with Gasteiger partial charge in [-0.15, -0.1) is 0 Å². The van der Waals surface area contributed by atoms with Crippen molar-refractivity contribution in [1.82, 2.24) is 10.6 Å². The summed E-state index contributed by atoms with van der Waals surface area (Å²) in [5, 5.41) is 6.91. The number of nitrogens with one attached hydrogen (secondary N) is 2. The second-order valence-corrected chi connectivity index (χ2v) is 5.74. The third-order valence-corrected chi connectivity index (χ3v) is 3.16. The smallest absolute Gasteiger partial charge is 0.236 e. The molecule has 1 unspecified atom stereocenters. The van der Waals surface area contributed by atoms with Crippen LogP contribution in [0.25, 0.3) is 0 Å². The lowest BCUT2D eigenvalue weighted by Gasteiger charge is -2.20. The van der Waals surface area contributed by atoms with Gasteiger partial charge >= 0.3 is 0 Å². The number of carbonyl (C=O) groups excluding carboxylic acids is 1. The van der Waals surface area contributed by atoms with Gasteiger partial charge in [0.1, 0.15) is 0 Å². The number of hydrogen-bond donors (Lipinski definition) is 2. The van der Waals surface area contributed by atoms with Crippen molar-refractivity contribution in [2.75, 3.05) is 6.54 Å². The van der Waals surface area contributed by atoms with Gasteiger partial charge in [0.15, 0.2) is 0 Å². The topological polar surface area (TPSA) is 41.1 Å². The first kappa shape index (κ1) is 16.0. The molecule has 0 bridgehead atoms. The minimum absolute atomic E-state index is 0.0302. The lowest BCUT2D eigenvalue weighted by molar-refractivity contribution is -0.123. The number of hydrogen-bond acceptors (Lipinski definition) is 2. The van der Waals surface area contributed by atoms with E-state index >= 15 is 0 Å². The fourth-order valence-corrected chi connectivity index (χ4v) is 1.98. The molecule has 19 heavy (non-hydrogen) atoms. The highest BCUT2D eigenvalue weighted by molar-refractivity contribution is 6.30. The lowest BCUT2D eigenvalue weighted by atomic mass is 10.1. The van der Waals surface area contributed by atoms with Gasteiger partial charge in [-0.05, 0) is 37.5 Å². The molecule has 0 aromatic heterocycles. The molecule has 0 spiro atoms. The summed E-state index contributed by atoms with van der Waals surface area (Å²) in [6.07, 6.45) is 0. The third kappa shape index (κ3) is 5.62. The van der Waals surface area contributed by atoms with Gasteiger partial charge in [-0.3, -0.25) is 10.1 Å². The van der Waals surface area contributed by atoms with Gasteiger partial charge in [-0.25, -0.2) is 0 Å². The normalized spacial score (nSPS) is 14.2. The molecule has 0 saturated heterocycles. The summed E-state index contributed by atoms with van der Waals surface area (Å²) >= 11 is 5.97. The lowest BCUT2D eigenvalue weighted by Crippen LogP contribution is -2.44. The summed E-state index contributed by atoms with van der Waals surface area (Å²) in [6.45, 7) is 8.75. The fraction of sp³-hybridized carbons (Fsp3) is 0.533. The van der Waals surface area contributed by atoms with Crippen molar-refractivity contribution in [2.24, 2.45) is 5.92 Å². The molecular weight excluding hydrogens is 260 g/mol. The van der Waals surface area contributed by atoms with Crippen LogP contribution in [0.5, 0.6) is 0 Å². The van der Waals surface area contributed by atoms with E-state index in [1.54, 1.807) is 0 Å². The molecule has 0 aliphatic carbocycles. The second-order valence-electron chi connectivity index (χ2n) is 5.30. The van der Waals surface area contributed by atoms with Crippen LogP contribution in [0.4, 0.5) is 0 Å². The number of carbonyl (C=O) groups is 1. The first-order chi connectivity index (χ1) is 8.90. The molecule has 106 valence electrons. The van der Waals surface area contributed by atoms with Crippen LogP contribution in [0.2, 0.25) is 5.02 Å². The number of rotatable bonds is 6.